The molecule has 0 radical (unpaired) electrons. The molecule has 0 unspecified atom stereocenters. The molecule has 2 heterocycles. The van der Waals surface area contributed by atoms with Crippen LogP contribution >= 0.6 is 0 Å². The molecule has 164 valence electrons. The van der Waals surface area contributed by atoms with Crippen LogP contribution in [0.3, 0.4) is 0 Å². The molecule has 31 heavy (non-hydrogen) atoms. The van der Waals surface area contributed by atoms with Crippen LogP contribution < -0.4 is 5.43 Å². The Bertz CT molecular complexity index is 962. The van der Waals surface area contributed by atoms with Crippen LogP contribution in [0.2, 0.25) is 0 Å². The number of nitrogens with zero attached hydrogens (tertiary/aromatic N) is 2. The number of carbonyl (C=O) groups is 1. The van der Waals surface area contributed by atoms with Crippen LogP contribution in [-0.4, -0.2) is 41.2 Å². The zero-order chi connectivity index (χ0) is 22.2. The Balaban J connectivity index is 2.05. The molecule has 0 N–H and O–H groups in total. The summed E-state index contributed by atoms with van der Waals surface area (Å²) in [4.78, 5) is 28.1. The number of ether oxygens (including phenoxy) is 1. The Morgan fingerprint density at radius 1 is 1.19 bits per heavy atom. The largest absolute Gasteiger partial charge is 0.376 e. The molecule has 1 fully saturated rings. The minimum absolute atomic E-state index is 0.108. The lowest BCUT2D eigenvalue weighted by molar-refractivity contribution is 0.0783. The van der Waals surface area contributed by atoms with Crippen molar-refractivity contribution in [2.75, 3.05) is 19.7 Å². The maximum Gasteiger partial charge on any atom is 0.260 e. The van der Waals surface area contributed by atoms with Crippen LogP contribution in [0.25, 0.3) is 0 Å². The van der Waals surface area contributed by atoms with Crippen LogP contribution in [0.15, 0.2) is 66.5 Å². The van der Waals surface area contributed by atoms with Crippen molar-refractivity contribution in [3.05, 3.63) is 94.4 Å². The van der Waals surface area contributed by atoms with Crippen molar-refractivity contribution >= 4 is 5.91 Å². The van der Waals surface area contributed by atoms with Gasteiger partial charge in [0, 0.05) is 43.7 Å². The highest BCUT2D eigenvalue weighted by Crippen LogP contribution is 2.20. The van der Waals surface area contributed by atoms with Gasteiger partial charge in [0.2, 0.25) is 0 Å². The van der Waals surface area contributed by atoms with Gasteiger partial charge in [-0.1, -0.05) is 42.5 Å². The molecule has 1 saturated heterocycles. The zero-order valence-corrected chi connectivity index (χ0v) is 18.4. The molecule has 0 saturated carbocycles. The number of aryl methyl sites for hydroxylation is 2. The molecule has 5 heteroatoms. The highest BCUT2D eigenvalue weighted by atomic mass is 16.5. The Morgan fingerprint density at radius 3 is 2.52 bits per heavy atom. The first kappa shape index (κ1) is 22.8. The monoisotopic (exact) mass is 420 g/mol. The molecule has 1 aliphatic heterocycles. The second kappa shape index (κ2) is 10.9. The average Bonchev–Trinajstić information content (AvgIpc) is 3.28. The SMILES string of the molecule is C=CCN(CC=C)C(=O)c1c(CCc2ccccc2)n(C[C@@H]2CCCO2)c(C)cc1=O. The van der Waals surface area contributed by atoms with Gasteiger partial charge in [0.05, 0.1) is 6.10 Å². The number of pyridine rings is 1. The summed E-state index contributed by atoms with van der Waals surface area (Å²) in [6.07, 6.45) is 6.84. The van der Waals surface area contributed by atoms with E-state index in [4.69, 9.17) is 4.74 Å². The third kappa shape index (κ3) is 5.61. The van der Waals surface area contributed by atoms with E-state index in [9.17, 15) is 9.59 Å². The van der Waals surface area contributed by atoms with Crippen molar-refractivity contribution < 1.29 is 9.53 Å². The lowest BCUT2D eigenvalue weighted by atomic mass is 10.0. The minimum atomic E-state index is -0.269. The van der Waals surface area contributed by atoms with Crippen molar-refractivity contribution in [3.63, 3.8) is 0 Å². The molecule has 1 atom stereocenters. The van der Waals surface area contributed by atoms with E-state index >= 15 is 0 Å². The standard InChI is InChI=1S/C26H32N2O3/c1-4-15-27(16-5-2)26(30)25-23(14-13-21-10-7-6-8-11-21)28(20(3)18-24(25)29)19-22-12-9-17-31-22/h4-8,10-11,18,22H,1-2,9,12-17,19H2,3H3/t22-/m0/s1. The van der Waals surface area contributed by atoms with Gasteiger partial charge in [-0.2, -0.15) is 0 Å². The molecular weight excluding hydrogens is 388 g/mol. The van der Waals surface area contributed by atoms with E-state index in [1.165, 1.54) is 5.56 Å². The van der Waals surface area contributed by atoms with Gasteiger partial charge in [-0.3, -0.25) is 9.59 Å². The Morgan fingerprint density at radius 2 is 1.90 bits per heavy atom. The van der Waals surface area contributed by atoms with Crippen LogP contribution in [0, 0.1) is 6.92 Å². The van der Waals surface area contributed by atoms with E-state index in [2.05, 4.69) is 29.9 Å². The first-order chi connectivity index (χ1) is 15.0. The highest BCUT2D eigenvalue weighted by molar-refractivity contribution is 5.95. The van der Waals surface area contributed by atoms with Crippen molar-refractivity contribution in [1.29, 1.82) is 0 Å². The van der Waals surface area contributed by atoms with Gasteiger partial charge < -0.3 is 14.2 Å². The van der Waals surface area contributed by atoms with Gasteiger partial charge in [0.1, 0.15) is 5.56 Å². The first-order valence-electron chi connectivity index (χ1n) is 10.9. The smallest absolute Gasteiger partial charge is 0.260 e. The van der Waals surface area contributed by atoms with E-state index in [1.807, 2.05) is 25.1 Å². The molecule has 0 aliphatic carbocycles. The topological polar surface area (TPSA) is 51.5 Å². The molecule has 0 bridgehead atoms. The van der Waals surface area contributed by atoms with E-state index in [1.54, 1.807) is 23.1 Å². The van der Waals surface area contributed by atoms with Gasteiger partial charge in [0.25, 0.3) is 5.91 Å². The average molecular weight is 421 g/mol. The Kier molecular flexibility index (Phi) is 8.01. The summed E-state index contributed by atoms with van der Waals surface area (Å²) in [5, 5.41) is 0. The summed E-state index contributed by atoms with van der Waals surface area (Å²) in [5.74, 6) is -0.269. The molecule has 1 amide bonds. The fourth-order valence-corrected chi connectivity index (χ4v) is 4.18. The molecule has 2 aromatic rings. The van der Waals surface area contributed by atoms with Crippen molar-refractivity contribution in [2.24, 2.45) is 0 Å². The van der Waals surface area contributed by atoms with Gasteiger partial charge in [-0.25, -0.2) is 0 Å². The molecule has 3 rings (SSSR count). The van der Waals surface area contributed by atoms with E-state index in [0.29, 0.717) is 26.1 Å². The van der Waals surface area contributed by atoms with Crippen molar-refractivity contribution in [2.45, 2.75) is 45.3 Å². The molecule has 5 nitrogen and oxygen atoms in total. The third-order valence-electron chi connectivity index (χ3n) is 5.73. The fourth-order valence-electron chi connectivity index (χ4n) is 4.18. The van der Waals surface area contributed by atoms with Crippen LogP contribution in [0.5, 0.6) is 0 Å². The quantitative estimate of drug-likeness (QED) is 0.547. The third-order valence-corrected chi connectivity index (χ3v) is 5.73. The number of rotatable bonds is 10. The molecule has 1 aromatic heterocycles. The van der Waals surface area contributed by atoms with Gasteiger partial charge >= 0.3 is 0 Å². The van der Waals surface area contributed by atoms with Crippen LogP contribution in [-0.2, 0) is 24.1 Å². The summed E-state index contributed by atoms with van der Waals surface area (Å²) >= 11 is 0. The summed E-state index contributed by atoms with van der Waals surface area (Å²) in [7, 11) is 0. The summed E-state index contributed by atoms with van der Waals surface area (Å²) < 4.78 is 7.98. The predicted octanol–water partition coefficient (Wildman–Crippen LogP) is 3.94. The van der Waals surface area contributed by atoms with E-state index in [0.717, 1.165) is 37.3 Å². The van der Waals surface area contributed by atoms with Gasteiger partial charge in [-0.05, 0) is 38.2 Å². The second-order valence-electron chi connectivity index (χ2n) is 7.99. The van der Waals surface area contributed by atoms with Crippen molar-refractivity contribution in [3.8, 4) is 0 Å². The number of hydrogen-bond donors (Lipinski definition) is 0. The maximum absolute atomic E-state index is 13.5. The lowest BCUT2D eigenvalue weighted by Gasteiger charge is -2.25. The number of carbonyl (C=O) groups excluding carboxylic acids is 1. The zero-order valence-electron chi connectivity index (χ0n) is 18.4. The summed E-state index contributed by atoms with van der Waals surface area (Å²) in [5.41, 5.74) is 2.84. The second-order valence-corrected chi connectivity index (χ2v) is 7.99. The van der Waals surface area contributed by atoms with E-state index in [-0.39, 0.29) is 23.0 Å². The molecular formula is C26H32N2O3. The maximum atomic E-state index is 13.5. The minimum Gasteiger partial charge on any atom is -0.376 e. The summed E-state index contributed by atoms with van der Waals surface area (Å²) in [6, 6.07) is 11.7. The van der Waals surface area contributed by atoms with Gasteiger partial charge in [0.15, 0.2) is 5.43 Å². The summed E-state index contributed by atoms with van der Waals surface area (Å²) in [6.45, 7) is 11.6. The van der Waals surface area contributed by atoms with Crippen molar-refractivity contribution in [1.82, 2.24) is 9.47 Å². The highest BCUT2D eigenvalue weighted by Gasteiger charge is 2.26. The van der Waals surface area contributed by atoms with E-state index < -0.39 is 0 Å². The number of amides is 1. The Hall–Kier alpha value is -2.92. The van der Waals surface area contributed by atoms with Crippen LogP contribution in [0.1, 0.15) is 40.2 Å². The molecule has 0 spiro atoms. The number of hydrogen-bond acceptors (Lipinski definition) is 3. The predicted molar refractivity (Wildman–Crippen MR) is 125 cm³/mol. The number of benzene rings is 1. The lowest BCUT2D eigenvalue weighted by Crippen LogP contribution is -2.37. The fraction of sp³-hybridized carbons (Fsp3) is 0.385. The molecule has 1 aliphatic rings. The first-order valence-corrected chi connectivity index (χ1v) is 10.9. The normalized spacial score (nSPS) is 15.6. The van der Waals surface area contributed by atoms with Gasteiger partial charge in [-0.15, -0.1) is 13.2 Å². The van der Waals surface area contributed by atoms with Crippen LogP contribution in [0.4, 0.5) is 0 Å². The number of aromatic nitrogens is 1. The Labute approximate surface area is 184 Å². The molecule has 1 aromatic carbocycles.